The van der Waals surface area contributed by atoms with Crippen LogP contribution in [0.1, 0.15) is 59.6 Å². The number of aromatic nitrogens is 2. The maximum Gasteiger partial charge on any atom is 0.328 e. The number of carbonyl (C=O) groups excluding carboxylic acids is 1. The first-order valence-electron chi connectivity index (χ1n) is 14.2. The molecule has 0 spiro atoms. The van der Waals surface area contributed by atoms with Gasteiger partial charge in [-0.15, -0.1) is 0 Å². The maximum absolute atomic E-state index is 13.3. The third-order valence-electron chi connectivity index (χ3n) is 7.66. The van der Waals surface area contributed by atoms with Crippen LogP contribution in [0.3, 0.4) is 0 Å². The van der Waals surface area contributed by atoms with Gasteiger partial charge in [0.15, 0.2) is 6.04 Å². The third kappa shape index (κ3) is 7.15. The minimum Gasteiger partial charge on any atom is -0.480 e. The van der Waals surface area contributed by atoms with Crippen molar-refractivity contribution in [3.8, 4) is 0 Å². The van der Waals surface area contributed by atoms with Crippen LogP contribution in [0.2, 0.25) is 0 Å². The molecule has 3 aromatic rings. The first-order valence-corrected chi connectivity index (χ1v) is 14.2. The molecule has 9 heteroatoms. The summed E-state index contributed by atoms with van der Waals surface area (Å²) in [4.78, 5) is 39.1. The number of hydrogen-bond acceptors (Lipinski definition) is 7. The molecule has 210 valence electrons. The zero-order chi connectivity index (χ0) is 27.7. The molecule has 2 saturated heterocycles. The van der Waals surface area contributed by atoms with E-state index in [0.29, 0.717) is 17.7 Å². The monoisotopic (exact) mass is 543 g/mol. The van der Waals surface area contributed by atoms with E-state index in [1.54, 1.807) is 6.07 Å². The van der Waals surface area contributed by atoms with E-state index in [0.717, 1.165) is 57.4 Å². The standard InChI is InChI=1S/C31H37N5O4/c37-29(32-27(30(38)39)22-40-21-23-10-4-1-5-11-23)26-20-28(35-16-8-3-9-17-35)34-31(33-26)36-18-14-25(15-19-36)24-12-6-2-7-13-24/h1-2,4-7,10-13,20,25,27H,3,8-9,14-19,21-22H2,(H,32,37)(H,38,39)/t27-/m0/s1. The first-order chi connectivity index (χ1) is 19.6. The number of nitrogens with zero attached hydrogens (tertiary/aromatic N) is 4. The van der Waals surface area contributed by atoms with Gasteiger partial charge in [0.2, 0.25) is 5.95 Å². The number of ether oxygens (including phenoxy) is 1. The summed E-state index contributed by atoms with van der Waals surface area (Å²) in [5, 5.41) is 12.4. The van der Waals surface area contributed by atoms with Crippen LogP contribution in [-0.2, 0) is 16.1 Å². The van der Waals surface area contributed by atoms with Gasteiger partial charge in [0.1, 0.15) is 11.5 Å². The average Bonchev–Trinajstić information content (AvgIpc) is 3.01. The minimum absolute atomic E-state index is 0.153. The maximum atomic E-state index is 13.3. The van der Waals surface area contributed by atoms with Crippen LogP contribution >= 0.6 is 0 Å². The number of amides is 1. The molecule has 0 saturated carbocycles. The lowest BCUT2D eigenvalue weighted by molar-refractivity contribution is -0.141. The van der Waals surface area contributed by atoms with Crippen LogP contribution in [0, 0.1) is 0 Å². The number of carboxylic acids is 1. The number of piperidine rings is 2. The quantitative estimate of drug-likeness (QED) is 0.391. The highest BCUT2D eigenvalue weighted by atomic mass is 16.5. The fourth-order valence-corrected chi connectivity index (χ4v) is 5.38. The van der Waals surface area contributed by atoms with Crippen molar-refractivity contribution in [1.82, 2.24) is 15.3 Å². The summed E-state index contributed by atoms with van der Waals surface area (Å²) in [5.74, 6) is 0.0172. The minimum atomic E-state index is -1.20. The molecule has 40 heavy (non-hydrogen) atoms. The molecular weight excluding hydrogens is 506 g/mol. The van der Waals surface area contributed by atoms with E-state index in [2.05, 4.69) is 44.4 Å². The molecule has 1 atom stereocenters. The number of anilines is 2. The fourth-order valence-electron chi connectivity index (χ4n) is 5.38. The van der Waals surface area contributed by atoms with E-state index in [9.17, 15) is 14.7 Å². The zero-order valence-electron chi connectivity index (χ0n) is 22.7. The molecule has 0 radical (unpaired) electrons. The smallest absolute Gasteiger partial charge is 0.328 e. The summed E-state index contributed by atoms with van der Waals surface area (Å²) in [7, 11) is 0. The summed E-state index contributed by atoms with van der Waals surface area (Å²) < 4.78 is 5.62. The first kappa shape index (κ1) is 27.6. The molecule has 2 aliphatic heterocycles. The highest BCUT2D eigenvalue weighted by molar-refractivity contribution is 5.95. The van der Waals surface area contributed by atoms with E-state index in [1.165, 1.54) is 12.0 Å². The Morgan fingerprint density at radius 1 is 0.900 bits per heavy atom. The van der Waals surface area contributed by atoms with Crippen LogP contribution in [0.25, 0.3) is 0 Å². The number of carbonyl (C=O) groups is 2. The SMILES string of the molecule is O=C(N[C@@H](COCc1ccccc1)C(=O)O)c1cc(N2CCCCC2)nc(N2CCC(c3ccccc3)CC2)n1. The highest BCUT2D eigenvalue weighted by Crippen LogP contribution is 2.30. The lowest BCUT2D eigenvalue weighted by Crippen LogP contribution is -2.44. The van der Waals surface area contributed by atoms with E-state index in [1.807, 2.05) is 36.4 Å². The van der Waals surface area contributed by atoms with Crippen LogP contribution < -0.4 is 15.1 Å². The Kier molecular flexibility index (Phi) is 9.23. The molecule has 5 rings (SSSR count). The molecular formula is C31H37N5O4. The largest absolute Gasteiger partial charge is 0.480 e. The molecule has 2 aliphatic rings. The van der Waals surface area contributed by atoms with Gasteiger partial charge in [-0.05, 0) is 49.1 Å². The lowest BCUT2D eigenvalue weighted by Gasteiger charge is -2.34. The second kappa shape index (κ2) is 13.4. The number of benzene rings is 2. The van der Waals surface area contributed by atoms with Crippen molar-refractivity contribution < 1.29 is 19.4 Å². The normalized spacial score (nSPS) is 16.9. The molecule has 2 aromatic carbocycles. The van der Waals surface area contributed by atoms with Crippen molar-refractivity contribution in [2.75, 3.05) is 42.6 Å². The number of hydrogen-bond donors (Lipinski definition) is 2. The van der Waals surface area contributed by atoms with Crippen LogP contribution in [0.4, 0.5) is 11.8 Å². The predicted molar refractivity (Wildman–Crippen MR) is 154 cm³/mol. The fraction of sp³-hybridized carbons (Fsp3) is 0.419. The predicted octanol–water partition coefficient (Wildman–Crippen LogP) is 4.25. The van der Waals surface area contributed by atoms with Gasteiger partial charge in [0, 0.05) is 32.2 Å². The van der Waals surface area contributed by atoms with Crippen molar-refractivity contribution in [3.63, 3.8) is 0 Å². The Hall–Kier alpha value is -3.98. The lowest BCUT2D eigenvalue weighted by atomic mass is 9.90. The summed E-state index contributed by atoms with van der Waals surface area (Å²) in [6.45, 7) is 3.43. The summed E-state index contributed by atoms with van der Waals surface area (Å²) >= 11 is 0. The number of nitrogens with one attached hydrogen (secondary N) is 1. The van der Waals surface area contributed by atoms with E-state index >= 15 is 0 Å². The van der Waals surface area contributed by atoms with Crippen LogP contribution in [-0.4, -0.2) is 65.8 Å². The second-order valence-electron chi connectivity index (χ2n) is 10.5. The Morgan fingerprint density at radius 2 is 1.57 bits per heavy atom. The second-order valence-corrected chi connectivity index (χ2v) is 10.5. The molecule has 1 aromatic heterocycles. The zero-order valence-corrected chi connectivity index (χ0v) is 22.7. The van der Waals surface area contributed by atoms with E-state index < -0.39 is 17.9 Å². The molecule has 0 bridgehead atoms. The van der Waals surface area contributed by atoms with Gasteiger partial charge in [-0.25, -0.2) is 9.78 Å². The summed E-state index contributed by atoms with van der Waals surface area (Å²) in [5.41, 5.74) is 2.45. The summed E-state index contributed by atoms with van der Waals surface area (Å²) in [6.07, 6.45) is 5.27. The molecule has 2 N–H and O–H groups in total. The average molecular weight is 544 g/mol. The third-order valence-corrected chi connectivity index (χ3v) is 7.66. The molecule has 2 fully saturated rings. The van der Waals surface area contributed by atoms with Gasteiger partial charge in [0.25, 0.3) is 5.91 Å². The molecule has 1 amide bonds. The van der Waals surface area contributed by atoms with Crippen LogP contribution in [0.5, 0.6) is 0 Å². The van der Waals surface area contributed by atoms with Crippen molar-refractivity contribution >= 4 is 23.6 Å². The number of rotatable bonds is 10. The highest BCUT2D eigenvalue weighted by Gasteiger charge is 2.27. The Morgan fingerprint density at radius 3 is 2.25 bits per heavy atom. The van der Waals surface area contributed by atoms with Crippen LogP contribution in [0.15, 0.2) is 66.7 Å². The number of aliphatic carboxylic acids is 1. The summed E-state index contributed by atoms with van der Waals surface area (Å²) in [6, 6.07) is 20.5. The molecule has 9 nitrogen and oxygen atoms in total. The Bertz CT molecular complexity index is 1260. The van der Waals surface area contributed by atoms with E-state index in [4.69, 9.17) is 9.72 Å². The molecule has 0 unspecified atom stereocenters. The van der Waals surface area contributed by atoms with Gasteiger partial charge in [-0.1, -0.05) is 60.7 Å². The van der Waals surface area contributed by atoms with Gasteiger partial charge < -0.3 is 25.0 Å². The van der Waals surface area contributed by atoms with Gasteiger partial charge in [-0.2, -0.15) is 4.98 Å². The van der Waals surface area contributed by atoms with Gasteiger partial charge >= 0.3 is 5.97 Å². The topological polar surface area (TPSA) is 108 Å². The molecule has 3 heterocycles. The van der Waals surface area contributed by atoms with Gasteiger partial charge in [0.05, 0.1) is 13.2 Å². The van der Waals surface area contributed by atoms with E-state index in [-0.39, 0.29) is 18.9 Å². The van der Waals surface area contributed by atoms with Crippen molar-refractivity contribution in [2.45, 2.75) is 50.7 Å². The van der Waals surface area contributed by atoms with Crippen molar-refractivity contribution in [2.24, 2.45) is 0 Å². The Labute approximate surface area is 235 Å². The molecule has 0 aliphatic carbocycles. The van der Waals surface area contributed by atoms with Crippen molar-refractivity contribution in [1.29, 1.82) is 0 Å². The van der Waals surface area contributed by atoms with Crippen molar-refractivity contribution in [3.05, 3.63) is 83.6 Å². The number of carboxylic acid groups (broad SMARTS) is 1. The van der Waals surface area contributed by atoms with Gasteiger partial charge in [-0.3, -0.25) is 4.79 Å². The Balaban J connectivity index is 1.30.